The lowest BCUT2D eigenvalue weighted by Gasteiger charge is -2.38. The minimum Gasteiger partial charge on any atom is -0.497 e. The van der Waals surface area contributed by atoms with Crippen molar-refractivity contribution >= 4 is 11.7 Å². The lowest BCUT2D eigenvalue weighted by Crippen LogP contribution is -2.37. The third-order valence-electron chi connectivity index (χ3n) is 7.62. The zero-order valence-electron chi connectivity index (χ0n) is 25.4. The summed E-state index contributed by atoms with van der Waals surface area (Å²) in [7, 11) is 3.26. The molecule has 2 atom stereocenters. The first-order valence-corrected chi connectivity index (χ1v) is 14.3. The van der Waals surface area contributed by atoms with Gasteiger partial charge in [-0.25, -0.2) is 4.79 Å². The van der Waals surface area contributed by atoms with Gasteiger partial charge < -0.3 is 19.5 Å². The van der Waals surface area contributed by atoms with Crippen molar-refractivity contribution in [2.24, 2.45) is 11.8 Å². The predicted molar refractivity (Wildman–Crippen MR) is 168 cm³/mol. The molecule has 1 N–H and O–H groups in total. The summed E-state index contributed by atoms with van der Waals surface area (Å²) >= 11 is 0. The van der Waals surface area contributed by atoms with Gasteiger partial charge in [0.2, 0.25) is 5.91 Å². The monoisotopic (exact) mass is 593 g/mol. The molecule has 4 aromatic rings. The number of carbonyl (C=O) groups excluding carboxylic acids is 1. The molecule has 0 aliphatic carbocycles. The number of rotatable bonds is 14. The molecule has 44 heavy (non-hydrogen) atoms. The van der Waals surface area contributed by atoms with Crippen LogP contribution < -0.4 is 20.5 Å². The number of anilines is 1. The molecule has 4 rings (SSSR count). The van der Waals surface area contributed by atoms with Crippen molar-refractivity contribution in [1.29, 1.82) is 5.26 Å². The third kappa shape index (κ3) is 7.52. The van der Waals surface area contributed by atoms with E-state index < -0.39 is 11.3 Å². The molecule has 0 saturated heterocycles. The molecule has 1 radical (unpaired) electrons. The van der Waals surface area contributed by atoms with E-state index in [4.69, 9.17) is 14.2 Å². The van der Waals surface area contributed by atoms with Gasteiger partial charge >= 0.3 is 5.69 Å². The van der Waals surface area contributed by atoms with E-state index in [-0.39, 0.29) is 43.1 Å². The molecule has 0 aliphatic heterocycles. The van der Waals surface area contributed by atoms with Crippen LogP contribution in [0.25, 0.3) is 0 Å². The molecule has 0 spiro atoms. The van der Waals surface area contributed by atoms with Crippen molar-refractivity contribution in [3.8, 4) is 17.6 Å². The molecule has 1 amide bonds. The highest BCUT2D eigenvalue weighted by molar-refractivity contribution is 5.87. The van der Waals surface area contributed by atoms with Crippen molar-refractivity contribution in [3.63, 3.8) is 0 Å². The van der Waals surface area contributed by atoms with E-state index in [9.17, 15) is 14.9 Å². The van der Waals surface area contributed by atoms with Gasteiger partial charge in [0.15, 0.2) is 0 Å². The van der Waals surface area contributed by atoms with Crippen LogP contribution in [0.1, 0.15) is 37.0 Å². The van der Waals surface area contributed by atoms with Crippen LogP contribution in [0.4, 0.5) is 5.82 Å². The summed E-state index contributed by atoms with van der Waals surface area (Å²) in [6.07, 6.45) is 3.80. The quantitative estimate of drug-likeness (QED) is 0.189. The molecular weight excluding hydrogens is 556 g/mol. The summed E-state index contributed by atoms with van der Waals surface area (Å²) in [6, 6.07) is 29.3. The van der Waals surface area contributed by atoms with Crippen LogP contribution in [0, 0.1) is 29.6 Å². The van der Waals surface area contributed by atoms with Crippen molar-refractivity contribution in [2.45, 2.75) is 32.4 Å². The van der Waals surface area contributed by atoms with Crippen molar-refractivity contribution in [2.75, 3.05) is 26.1 Å². The molecule has 9 nitrogen and oxygen atoms in total. The van der Waals surface area contributed by atoms with Gasteiger partial charge in [0.25, 0.3) is 0 Å². The average molecular weight is 594 g/mol. The number of amides is 1. The largest absolute Gasteiger partial charge is 0.497 e. The van der Waals surface area contributed by atoms with Gasteiger partial charge in [-0.1, -0.05) is 61.5 Å². The zero-order valence-corrected chi connectivity index (χ0v) is 25.4. The van der Waals surface area contributed by atoms with E-state index in [0.29, 0.717) is 0 Å². The third-order valence-corrected chi connectivity index (χ3v) is 7.62. The summed E-state index contributed by atoms with van der Waals surface area (Å²) in [5.74, 6) is 1.02. The van der Waals surface area contributed by atoms with E-state index in [1.165, 1.54) is 11.5 Å². The van der Waals surface area contributed by atoms with Crippen molar-refractivity contribution in [3.05, 3.63) is 125 Å². The first-order chi connectivity index (χ1) is 21.3. The SMILES string of the molecule is COc1ccc(C(OC[C@@H](Cn2ccc(NC(C)=O)nc2=O)[C@H](C)[CH]CC#N)(c2ccccc2)c2ccc(OC)cc2)cc1. The molecule has 0 saturated carbocycles. The van der Waals surface area contributed by atoms with E-state index >= 15 is 0 Å². The Labute approximate surface area is 258 Å². The second-order valence-electron chi connectivity index (χ2n) is 10.5. The fraction of sp³-hybridized carbons (Fsp3) is 0.286. The molecule has 1 heterocycles. The summed E-state index contributed by atoms with van der Waals surface area (Å²) in [5, 5.41) is 11.8. The first kappa shape index (κ1) is 32.0. The van der Waals surface area contributed by atoms with E-state index in [2.05, 4.69) is 16.4 Å². The van der Waals surface area contributed by atoms with Gasteiger partial charge in [-0.2, -0.15) is 10.2 Å². The van der Waals surface area contributed by atoms with Crippen LogP contribution in [0.15, 0.2) is 95.9 Å². The summed E-state index contributed by atoms with van der Waals surface area (Å²) in [4.78, 5) is 28.4. The number of methoxy groups -OCH3 is 2. The lowest BCUT2D eigenvalue weighted by atomic mass is 9.79. The second-order valence-corrected chi connectivity index (χ2v) is 10.5. The van der Waals surface area contributed by atoms with Gasteiger partial charge in [0, 0.05) is 32.0 Å². The summed E-state index contributed by atoms with van der Waals surface area (Å²) < 4.78 is 19.5. The molecule has 0 bridgehead atoms. The number of ether oxygens (including phenoxy) is 3. The van der Waals surface area contributed by atoms with Gasteiger partial charge in [0.05, 0.1) is 26.9 Å². The van der Waals surface area contributed by atoms with E-state index in [0.717, 1.165) is 28.2 Å². The van der Waals surface area contributed by atoms with Gasteiger partial charge in [-0.3, -0.25) is 9.36 Å². The van der Waals surface area contributed by atoms with Crippen LogP contribution in [-0.4, -0.2) is 36.3 Å². The maximum atomic E-state index is 13.0. The average Bonchev–Trinajstić information content (AvgIpc) is 3.05. The Hall–Kier alpha value is -4.94. The summed E-state index contributed by atoms with van der Waals surface area (Å²) in [6.45, 7) is 3.89. The molecule has 3 aromatic carbocycles. The Balaban J connectivity index is 1.80. The Morgan fingerprint density at radius 1 is 0.955 bits per heavy atom. The molecule has 227 valence electrons. The maximum absolute atomic E-state index is 13.0. The molecule has 0 unspecified atom stereocenters. The maximum Gasteiger partial charge on any atom is 0.349 e. The standard InChI is InChI=1S/C35H37N4O5/c1-25(9-8-21-36)27(23-39-22-20-33(37-26(2)40)38-34(39)41)24-44-35(28-10-6-5-7-11-28,29-12-16-31(42-3)17-13-29)30-14-18-32(43-4)19-15-30/h5-7,9-20,22,25,27H,8,23-24H2,1-4H3,(H,37,38,40,41)/t25-,27-/m1/s1. The molecule has 0 fully saturated rings. The van der Waals surface area contributed by atoms with Crippen molar-refractivity contribution < 1.29 is 19.0 Å². The topological polar surface area (TPSA) is 115 Å². The first-order valence-electron chi connectivity index (χ1n) is 14.3. The minimum absolute atomic E-state index is 0.0863. The highest BCUT2D eigenvalue weighted by Crippen LogP contribution is 2.42. The number of nitrogens with one attached hydrogen (secondary N) is 1. The van der Waals surface area contributed by atoms with Crippen LogP contribution in [0.3, 0.4) is 0 Å². The number of hydrogen-bond donors (Lipinski definition) is 1. The smallest absolute Gasteiger partial charge is 0.349 e. The molecule has 0 aliphatic rings. The predicted octanol–water partition coefficient (Wildman–Crippen LogP) is 5.60. The van der Waals surface area contributed by atoms with Crippen LogP contribution in [0.5, 0.6) is 11.5 Å². The highest BCUT2D eigenvalue weighted by Gasteiger charge is 2.39. The van der Waals surface area contributed by atoms with Gasteiger partial charge in [0.1, 0.15) is 22.9 Å². The molecule has 1 aromatic heterocycles. The van der Waals surface area contributed by atoms with E-state index in [1.807, 2.05) is 92.2 Å². The highest BCUT2D eigenvalue weighted by atomic mass is 16.5. The van der Waals surface area contributed by atoms with Crippen LogP contribution in [-0.2, 0) is 21.7 Å². The number of benzene rings is 3. The number of nitrogens with zero attached hydrogens (tertiary/aromatic N) is 3. The summed E-state index contributed by atoms with van der Waals surface area (Å²) in [5.41, 5.74) is 1.17. The van der Waals surface area contributed by atoms with Crippen molar-refractivity contribution in [1.82, 2.24) is 9.55 Å². The van der Waals surface area contributed by atoms with Crippen LogP contribution >= 0.6 is 0 Å². The number of nitriles is 1. The lowest BCUT2D eigenvalue weighted by molar-refractivity contribution is -0.114. The van der Waals surface area contributed by atoms with Crippen LogP contribution in [0.2, 0.25) is 0 Å². The second kappa shape index (κ2) is 15.0. The number of aromatic nitrogens is 2. The zero-order chi connectivity index (χ0) is 31.5. The minimum atomic E-state index is -1.04. The number of hydrogen-bond acceptors (Lipinski definition) is 7. The van der Waals surface area contributed by atoms with E-state index in [1.54, 1.807) is 26.5 Å². The fourth-order valence-electron chi connectivity index (χ4n) is 5.18. The molecular formula is C35H37N4O5. The Kier molecular flexibility index (Phi) is 10.9. The van der Waals surface area contributed by atoms with Gasteiger partial charge in [-0.05, 0) is 59.4 Å². The number of carbonyl (C=O) groups is 1. The van der Waals surface area contributed by atoms with Gasteiger partial charge in [-0.15, -0.1) is 0 Å². The normalized spacial score (nSPS) is 12.5. The Morgan fingerprint density at radius 2 is 1.52 bits per heavy atom. The Morgan fingerprint density at radius 3 is 2.02 bits per heavy atom. The molecule has 9 heteroatoms. The fourth-order valence-corrected chi connectivity index (χ4v) is 5.18. The Bertz CT molecular complexity index is 1560.